The van der Waals surface area contributed by atoms with Gasteiger partial charge in [0.2, 0.25) is 0 Å². The zero-order chi connectivity index (χ0) is 15.4. The van der Waals surface area contributed by atoms with E-state index in [4.69, 9.17) is 17.3 Å². The van der Waals surface area contributed by atoms with Gasteiger partial charge in [-0.3, -0.25) is 4.79 Å². The Morgan fingerprint density at radius 3 is 2.57 bits per heavy atom. The van der Waals surface area contributed by atoms with Crippen LogP contribution in [-0.4, -0.2) is 12.5 Å². The minimum absolute atomic E-state index is 0.171. The van der Waals surface area contributed by atoms with Gasteiger partial charge in [0.25, 0.3) is 5.91 Å². The van der Waals surface area contributed by atoms with E-state index in [1.165, 1.54) is 0 Å². The van der Waals surface area contributed by atoms with Crippen molar-refractivity contribution in [3.05, 3.63) is 62.6 Å². The van der Waals surface area contributed by atoms with E-state index in [2.05, 4.69) is 21.2 Å². The summed E-state index contributed by atoms with van der Waals surface area (Å²) in [5.41, 5.74) is 8.83. The molecule has 0 atom stereocenters. The minimum atomic E-state index is -0.171. The lowest BCUT2D eigenvalue weighted by Gasteiger charge is -2.10. The third kappa shape index (κ3) is 4.06. The van der Waals surface area contributed by atoms with Crippen molar-refractivity contribution in [3.63, 3.8) is 0 Å². The number of benzene rings is 2. The van der Waals surface area contributed by atoms with Crippen molar-refractivity contribution in [3.8, 4) is 0 Å². The number of hydrogen-bond donors (Lipinski definition) is 2. The zero-order valence-corrected chi connectivity index (χ0v) is 14.0. The largest absolute Gasteiger partial charge is 0.330 e. The second-order valence-electron chi connectivity index (χ2n) is 4.77. The summed E-state index contributed by atoms with van der Waals surface area (Å²) in [6, 6.07) is 11.0. The van der Waals surface area contributed by atoms with Gasteiger partial charge in [-0.25, -0.2) is 0 Å². The molecule has 2 aromatic carbocycles. The molecule has 0 fully saturated rings. The Hall–Kier alpha value is -1.36. The van der Waals surface area contributed by atoms with E-state index in [-0.39, 0.29) is 5.91 Å². The number of rotatable bonds is 4. The van der Waals surface area contributed by atoms with Gasteiger partial charge >= 0.3 is 0 Å². The number of nitrogens with one attached hydrogen (secondary N) is 1. The predicted octanol–water partition coefficient (Wildman–Crippen LogP) is 4.16. The first-order valence-corrected chi connectivity index (χ1v) is 7.74. The van der Waals surface area contributed by atoms with Crippen molar-refractivity contribution in [2.24, 2.45) is 5.73 Å². The number of amides is 1. The first-order chi connectivity index (χ1) is 10.0. The van der Waals surface area contributed by atoms with E-state index in [1.807, 2.05) is 25.1 Å². The monoisotopic (exact) mass is 366 g/mol. The lowest BCUT2D eigenvalue weighted by atomic mass is 10.1. The SMILES string of the molecule is Cc1cc(Br)c(NC(=O)c2ccc(CCN)cc2)cc1Cl. The lowest BCUT2D eigenvalue weighted by molar-refractivity contribution is 0.102. The highest BCUT2D eigenvalue weighted by atomic mass is 79.9. The Kier molecular flexibility index (Phi) is 5.39. The third-order valence-corrected chi connectivity index (χ3v) is 4.21. The van der Waals surface area contributed by atoms with Gasteiger partial charge in [-0.2, -0.15) is 0 Å². The average Bonchev–Trinajstić information content (AvgIpc) is 2.46. The molecular formula is C16H16BrClN2O. The van der Waals surface area contributed by atoms with Gasteiger partial charge in [0.05, 0.1) is 5.69 Å². The van der Waals surface area contributed by atoms with Gasteiger partial charge in [0.1, 0.15) is 0 Å². The third-order valence-electron chi connectivity index (χ3n) is 3.15. The summed E-state index contributed by atoms with van der Waals surface area (Å²) < 4.78 is 0.803. The van der Waals surface area contributed by atoms with Crippen molar-refractivity contribution < 1.29 is 4.79 Å². The van der Waals surface area contributed by atoms with Crippen molar-refractivity contribution in [1.82, 2.24) is 0 Å². The molecule has 0 aliphatic rings. The van der Waals surface area contributed by atoms with Crippen LogP contribution < -0.4 is 11.1 Å². The first kappa shape index (κ1) is 16.0. The highest BCUT2D eigenvalue weighted by Crippen LogP contribution is 2.29. The number of nitrogens with two attached hydrogens (primary N) is 1. The summed E-state index contributed by atoms with van der Waals surface area (Å²) in [5, 5.41) is 3.47. The quantitative estimate of drug-likeness (QED) is 0.852. The van der Waals surface area contributed by atoms with Crippen LogP contribution in [0.15, 0.2) is 40.9 Å². The van der Waals surface area contributed by atoms with Crippen LogP contribution in [0.25, 0.3) is 0 Å². The molecule has 0 aliphatic heterocycles. The van der Waals surface area contributed by atoms with Crippen LogP contribution in [0.2, 0.25) is 5.02 Å². The van der Waals surface area contributed by atoms with Crippen molar-refractivity contribution in [1.29, 1.82) is 0 Å². The van der Waals surface area contributed by atoms with Crippen LogP contribution in [0.5, 0.6) is 0 Å². The molecule has 110 valence electrons. The van der Waals surface area contributed by atoms with Crippen LogP contribution >= 0.6 is 27.5 Å². The predicted molar refractivity (Wildman–Crippen MR) is 91.0 cm³/mol. The second kappa shape index (κ2) is 7.07. The highest BCUT2D eigenvalue weighted by molar-refractivity contribution is 9.10. The molecule has 0 unspecified atom stereocenters. The van der Waals surface area contributed by atoms with E-state index in [1.54, 1.807) is 18.2 Å². The molecule has 2 aromatic rings. The number of hydrogen-bond acceptors (Lipinski definition) is 2. The van der Waals surface area contributed by atoms with Gasteiger partial charge in [-0.05, 0) is 71.2 Å². The Morgan fingerprint density at radius 1 is 1.29 bits per heavy atom. The van der Waals surface area contributed by atoms with Crippen LogP contribution in [0.1, 0.15) is 21.5 Å². The Balaban J connectivity index is 2.16. The van der Waals surface area contributed by atoms with E-state index in [9.17, 15) is 4.79 Å². The maximum absolute atomic E-state index is 12.2. The summed E-state index contributed by atoms with van der Waals surface area (Å²) in [6.07, 6.45) is 0.807. The zero-order valence-electron chi connectivity index (χ0n) is 11.6. The minimum Gasteiger partial charge on any atom is -0.330 e. The van der Waals surface area contributed by atoms with E-state index < -0.39 is 0 Å². The smallest absolute Gasteiger partial charge is 0.255 e. The molecular weight excluding hydrogens is 352 g/mol. The van der Waals surface area contributed by atoms with Crippen LogP contribution in [0.3, 0.4) is 0 Å². The summed E-state index contributed by atoms with van der Waals surface area (Å²) in [6.45, 7) is 2.51. The Labute approximate surface area is 137 Å². The molecule has 21 heavy (non-hydrogen) atoms. The molecule has 2 rings (SSSR count). The number of aryl methyl sites for hydroxylation is 1. The number of halogens is 2. The van der Waals surface area contributed by atoms with Crippen LogP contribution in [0, 0.1) is 6.92 Å². The first-order valence-electron chi connectivity index (χ1n) is 6.57. The fourth-order valence-electron chi connectivity index (χ4n) is 1.93. The van der Waals surface area contributed by atoms with E-state index in [0.717, 1.165) is 22.0 Å². The molecule has 0 saturated heterocycles. The summed E-state index contributed by atoms with van der Waals surface area (Å²) in [4.78, 5) is 12.2. The molecule has 0 heterocycles. The fraction of sp³-hybridized carbons (Fsp3) is 0.188. The molecule has 0 aromatic heterocycles. The summed E-state index contributed by atoms with van der Waals surface area (Å²) in [5.74, 6) is -0.171. The highest BCUT2D eigenvalue weighted by Gasteiger charge is 2.10. The standard InChI is InChI=1S/C16H16BrClN2O/c1-10-8-13(17)15(9-14(10)18)20-16(21)12-4-2-11(3-5-12)6-7-19/h2-5,8-9H,6-7,19H2,1H3,(H,20,21). The molecule has 3 nitrogen and oxygen atoms in total. The molecule has 0 spiro atoms. The number of carbonyl (C=O) groups is 1. The molecule has 0 radical (unpaired) electrons. The Morgan fingerprint density at radius 2 is 1.95 bits per heavy atom. The van der Waals surface area contributed by atoms with Crippen LogP contribution in [-0.2, 0) is 6.42 Å². The van der Waals surface area contributed by atoms with Gasteiger partial charge in [0.15, 0.2) is 0 Å². The maximum Gasteiger partial charge on any atom is 0.255 e. The fourth-order valence-corrected chi connectivity index (χ4v) is 2.65. The molecule has 0 aliphatic carbocycles. The van der Waals surface area contributed by atoms with Crippen LogP contribution in [0.4, 0.5) is 5.69 Å². The normalized spacial score (nSPS) is 10.5. The molecule has 3 N–H and O–H groups in total. The summed E-state index contributed by atoms with van der Waals surface area (Å²) >= 11 is 9.51. The van der Waals surface area contributed by atoms with Crippen molar-refractivity contribution in [2.45, 2.75) is 13.3 Å². The molecule has 0 saturated carbocycles. The van der Waals surface area contributed by atoms with Gasteiger partial charge in [0, 0.05) is 15.1 Å². The second-order valence-corrected chi connectivity index (χ2v) is 6.03. The topological polar surface area (TPSA) is 55.1 Å². The number of carbonyl (C=O) groups excluding carboxylic acids is 1. The Bertz CT molecular complexity index is 656. The van der Waals surface area contributed by atoms with Crippen molar-refractivity contribution >= 4 is 39.1 Å². The maximum atomic E-state index is 12.2. The molecule has 5 heteroatoms. The van der Waals surface area contributed by atoms with Gasteiger partial charge < -0.3 is 11.1 Å². The lowest BCUT2D eigenvalue weighted by Crippen LogP contribution is -2.12. The van der Waals surface area contributed by atoms with Crippen molar-refractivity contribution in [2.75, 3.05) is 11.9 Å². The van der Waals surface area contributed by atoms with Gasteiger partial charge in [-0.1, -0.05) is 23.7 Å². The molecule has 0 bridgehead atoms. The summed E-state index contributed by atoms with van der Waals surface area (Å²) in [7, 11) is 0. The average molecular weight is 368 g/mol. The molecule has 1 amide bonds. The van der Waals surface area contributed by atoms with E-state index >= 15 is 0 Å². The number of anilines is 1. The van der Waals surface area contributed by atoms with Gasteiger partial charge in [-0.15, -0.1) is 0 Å². The van der Waals surface area contributed by atoms with E-state index in [0.29, 0.717) is 22.8 Å².